The summed E-state index contributed by atoms with van der Waals surface area (Å²) in [4.78, 5) is 24.4. The number of ether oxygens (including phenoxy) is 1. The van der Waals surface area contributed by atoms with E-state index in [0.717, 1.165) is 34.0 Å². The Hall–Kier alpha value is -2.12. The number of nitrogens with one attached hydrogen (secondary N) is 1. The van der Waals surface area contributed by atoms with Crippen LogP contribution in [-0.2, 0) is 17.6 Å². The smallest absolute Gasteiger partial charge is 0.237 e. The molecule has 1 aliphatic carbocycles. The van der Waals surface area contributed by atoms with Gasteiger partial charge in [0.15, 0.2) is 0 Å². The first-order valence-corrected chi connectivity index (χ1v) is 11.7. The van der Waals surface area contributed by atoms with E-state index in [2.05, 4.69) is 22.2 Å². The van der Waals surface area contributed by atoms with E-state index in [0.29, 0.717) is 18.0 Å². The van der Waals surface area contributed by atoms with Crippen LogP contribution in [0.2, 0.25) is 0 Å². The normalized spacial score (nSPS) is 17.0. The lowest BCUT2D eigenvalue weighted by molar-refractivity contribution is -0.115. The Morgan fingerprint density at radius 1 is 1.38 bits per heavy atom. The fourth-order valence-corrected chi connectivity index (χ4v) is 6.00. The predicted molar refractivity (Wildman–Crippen MR) is 120 cm³/mol. The minimum Gasteiger partial charge on any atom is -0.492 e. The number of anilines is 1. The fourth-order valence-electron chi connectivity index (χ4n) is 3.64. The monoisotopic (exact) mass is 427 g/mol. The number of aryl methyl sites for hydroxylation is 1. The van der Waals surface area contributed by atoms with E-state index >= 15 is 0 Å². The number of fused-ring (bicyclic) bond motifs is 3. The summed E-state index contributed by atoms with van der Waals surface area (Å²) >= 11 is 3.28. The third-order valence-electron chi connectivity index (χ3n) is 5.16. The minimum atomic E-state index is -0.291. The Kier molecular flexibility index (Phi) is 6.06. The van der Waals surface area contributed by atoms with Crippen molar-refractivity contribution in [3.05, 3.63) is 41.0 Å². The summed E-state index contributed by atoms with van der Waals surface area (Å²) in [7, 11) is 0. The molecule has 1 aliphatic rings. The molecule has 2 heterocycles. The van der Waals surface area contributed by atoms with Gasteiger partial charge in [-0.25, -0.2) is 9.97 Å². The molecule has 2 unspecified atom stereocenters. The molecule has 0 aliphatic heterocycles. The summed E-state index contributed by atoms with van der Waals surface area (Å²) in [5.41, 5.74) is 2.09. The van der Waals surface area contributed by atoms with Crippen molar-refractivity contribution in [2.45, 2.75) is 50.3 Å². The minimum absolute atomic E-state index is 0.0633. The number of nitrogens with zero attached hydrogens (tertiary/aromatic N) is 2. The number of carbonyl (C=O) groups is 1. The highest BCUT2D eigenvalue weighted by Gasteiger charge is 2.25. The number of carbonyl (C=O) groups excluding carboxylic acids is 1. The average molecular weight is 428 g/mol. The molecule has 1 aromatic carbocycles. The highest BCUT2D eigenvalue weighted by Crippen LogP contribution is 2.41. The van der Waals surface area contributed by atoms with E-state index in [9.17, 15) is 4.79 Å². The van der Waals surface area contributed by atoms with Crippen LogP contribution in [0.3, 0.4) is 0 Å². The zero-order chi connectivity index (χ0) is 20.4. The number of hydrogen-bond acceptors (Lipinski definition) is 6. The molecule has 1 amide bonds. The Morgan fingerprint density at radius 2 is 2.21 bits per heavy atom. The topological polar surface area (TPSA) is 64.1 Å². The molecule has 0 spiro atoms. The molecular formula is C22H25N3O2S2. The number of thioether (sulfide) groups is 1. The first-order valence-electron chi connectivity index (χ1n) is 10.0. The molecule has 7 heteroatoms. The maximum Gasteiger partial charge on any atom is 0.237 e. The van der Waals surface area contributed by atoms with Crippen LogP contribution in [0.15, 0.2) is 35.6 Å². The van der Waals surface area contributed by atoms with Crippen LogP contribution >= 0.6 is 23.1 Å². The molecule has 0 saturated heterocycles. The molecule has 2 atom stereocenters. The molecule has 0 bridgehead atoms. The van der Waals surface area contributed by atoms with Crippen LogP contribution < -0.4 is 10.1 Å². The van der Waals surface area contributed by atoms with Gasteiger partial charge in [-0.3, -0.25) is 4.79 Å². The van der Waals surface area contributed by atoms with E-state index < -0.39 is 0 Å². The summed E-state index contributed by atoms with van der Waals surface area (Å²) in [6, 6.07) is 7.52. The summed E-state index contributed by atoms with van der Waals surface area (Å²) in [6.07, 6.45) is 5.00. The zero-order valence-electron chi connectivity index (χ0n) is 16.9. The maximum absolute atomic E-state index is 12.9. The number of benzene rings is 1. The van der Waals surface area contributed by atoms with Gasteiger partial charge in [0.2, 0.25) is 5.91 Å². The van der Waals surface area contributed by atoms with E-state index in [1.807, 2.05) is 38.1 Å². The molecule has 29 heavy (non-hydrogen) atoms. The van der Waals surface area contributed by atoms with Crippen LogP contribution in [0.4, 0.5) is 5.69 Å². The van der Waals surface area contributed by atoms with Gasteiger partial charge in [0, 0.05) is 10.3 Å². The van der Waals surface area contributed by atoms with Crippen molar-refractivity contribution in [1.29, 1.82) is 0 Å². The Bertz CT molecular complexity index is 1030. The molecule has 4 rings (SSSR count). The number of aromatic nitrogens is 2. The molecule has 0 saturated carbocycles. The lowest BCUT2D eigenvalue weighted by Crippen LogP contribution is -2.23. The van der Waals surface area contributed by atoms with Crippen molar-refractivity contribution in [1.82, 2.24) is 9.97 Å². The Labute approximate surface area is 179 Å². The fraction of sp³-hybridized carbons (Fsp3) is 0.409. The number of rotatable bonds is 6. The number of para-hydroxylation sites is 2. The standard InChI is InChI=1S/C22H25N3O2S2/c1-4-27-17-8-6-5-7-16(17)25-20(26)14(3)28-21-19-15-10-9-13(2)11-18(15)29-22(19)24-12-23-21/h5-8,12-14H,4,9-11H2,1-3H3,(H,25,26). The molecule has 0 radical (unpaired) electrons. The number of amides is 1. The van der Waals surface area contributed by atoms with Crippen molar-refractivity contribution in [2.24, 2.45) is 5.92 Å². The second kappa shape index (κ2) is 8.71. The number of thiophene rings is 1. The van der Waals surface area contributed by atoms with E-state index in [4.69, 9.17) is 4.74 Å². The predicted octanol–water partition coefficient (Wildman–Crippen LogP) is 5.33. The quantitative estimate of drug-likeness (QED) is 0.425. The van der Waals surface area contributed by atoms with Crippen LogP contribution in [0.1, 0.15) is 37.6 Å². The van der Waals surface area contributed by atoms with Crippen LogP contribution in [0, 0.1) is 5.92 Å². The van der Waals surface area contributed by atoms with Gasteiger partial charge in [-0.2, -0.15) is 0 Å². The molecule has 0 fully saturated rings. The lowest BCUT2D eigenvalue weighted by atomic mass is 9.89. The van der Waals surface area contributed by atoms with E-state index in [1.54, 1.807) is 17.7 Å². The zero-order valence-corrected chi connectivity index (χ0v) is 18.5. The van der Waals surface area contributed by atoms with Crippen molar-refractivity contribution < 1.29 is 9.53 Å². The second-order valence-corrected chi connectivity index (χ2v) is 9.80. The van der Waals surface area contributed by atoms with Gasteiger partial charge >= 0.3 is 0 Å². The van der Waals surface area contributed by atoms with Crippen molar-refractivity contribution >= 4 is 44.9 Å². The van der Waals surface area contributed by atoms with Gasteiger partial charge in [0.05, 0.1) is 17.5 Å². The van der Waals surface area contributed by atoms with Crippen LogP contribution in [-0.4, -0.2) is 27.7 Å². The average Bonchev–Trinajstić information content (AvgIpc) is 3.08. The molecule has 2 aromatic heterocycles. The van der Waals surface area contributed by atoms with E-state index in [1.165, 1.54) is 28.6 Å². The highest BCUT2D eigenvalue weighted by atomic mass is 32.2. The van der Waals surface area contributed by atoms with Crippen LogP contribution in [0.25, 0.3) is 10.2 Å². The maximum atomic E-state index is 12.9. The largest absolute Gasteiger partial charge is 0.492 e. The first kappa shape index (κ1) is 20.2. The summed E-state index contributed by atoms with van der Waals surface area (Å²) in [5, 5.41) is 4.77. The van der Waals surface area contributed by atoms with Crippen molar-refractivity contribution in [2.75, 3.05) is 11.9 Å². The first-order chi connectivity index (χ1) is 14.1. The van der Waals surface area contributed by atoms with Gasteiger partial charge in [0.1, 0.15) is 21.9 Å². The van der Waals surface area contributed by atoms with Gasteiger partial charge < -0.3 is 10.1 Å². The molecule has 5 nitrogen and oxygen atoms in total. The van der Waals surface area contributed by atoms with Crippen molar-refractivity contribution in [3.8, 4) is 5.75 Å². The second-order valence-electron chi connectivity index (χ2n) is 7.39. The van der Waals surface area contributed by atoms with Gasteiger partial charge in [-0.15, -0.1) is 11.3 Å². The summed E-state index contributed by atoms with van der Waals surface area (Å²) in [6.45, 7) is 6.71. The molecule has 3 aromatic rings. The van der Waals surface area contributed by atoms with E-state index in [-0.39, 0.29) is 11.2 Å². The third kappa shape index (κ3) is 4.26. The Balaban J connectivity index is 1.55. The SMILES string of the molecule is CCOc1ccccc1NC(=O)C(C)Sc1ncnc2sc3c(c12)CCC(C)C3. The van der Waals surface area contributed by atoms with Crippen LogP contribution in [0.5, 0.6) is 5.75 Å². The lowest BCUT2D eigenvalue weighted by Gasteiger charge is -2.18. The third-order valence-corrected chi connectivity index (χ3v) is 7.42. The summed E-state index contributed by atoms with van der Waals surface area (Å²) in [5.74, 6) is 1.34. The van der Waals surface area contributed by atoms with Gasteiger partial charge in [-0.1, -0.05) is 30.8 Å². The number of hydrogen-bond donors (Lipinski definition) is 1. The Morgan fingerprint density at radius 3 is 3.03 bits per heavy atom. The van der Waals surface area contributed by atoms with Gasteiger partial charge in [0.25, 0.3) is 0 Å². The highest BCUT2D eigenvalue weighted by molar-refractivity contribution is 8.00. The molecular weight excluding hydrogens is 402 g/mol. The molecule has 1 N–H and O–H groups in total. The molecule has 152 valence electrons. The van der Waals surface area contributed by atoms with Crippen molar-refractivity contribution in [3.63, 3.8) is 0 Å². The van der Waals surface area contributed by atoms with Gasteiger partial charge in [-0.05, 0) is 56.7 Å². The summed E-state index contributed by atoms with van der Waals surface area (Å²) < 4.78 is 5.61.